The number of allylic oxidation sites excluding steroid dienone is 4. The molecule has 0 aromatic heterocycles. The molecule has 23 heavy (non-hydrogen) atoms. The Labute approximate surface area is 136 Å². The third kappa shape index (κ3) is 2.39. The van der Waals surface area contributed by atoms with Gasteiger partial charge in [0.05, 0.1) is 6.61 Å². The highest BCUT2D eigenvalue weighted by molar-refractivity contribution is 6.03. The van der Waals surface area contributed by atoms with E-state index in [-0.39, 0.29) is 6.61 Å². The van der Waals surface area contributed by atoms with Crippen molar-refractivity contribution in [2.24, 2.45) is 0 Å². The summed E-state index contributed by atoms with van der Waals surface area (Å²) in [4.78, 5) is 0. The van der Waals surface area contributed by atoms with Crippen LogP contribution in [0.1, 0.15) is 17.5 Å². The highest BCUT2D eigenvalue weighted by Gasteiger charge is 2.16. The first-order valence-electron chi connectivity index (χ1n) is 7.95. The predicted octanol–water partition coefficient (Wildman–Crippen LogP) is 5.34. The zero-order chi connectivity index (χ0) is 15.6. The van der Waals surface area contributed by atoms with Gasteiger partial charge in [-0.1, -0.05) is 78.9 Å². The van der Waals surface area contributed by atoms with Gasteiger partial charge in [-0.3, -0.25) is 0 Å². The van der Waals surface area contributed by atoms with Crippen molar-refractivity contribution < 1.29 is 5.11 Å². The quantitative estimate of drug-likeness (QED) is 0.691. The number of rotatable bonds is 3. The van der Waals surface area contributed by atoms with Crippen LogP contribution in [0.25, 0.3) is 27.5 Å². The second-order valence-corrected chi connectivity index (χ2v) is 5.85. The van der Waals surface area contributed by atoms with Gasteiger partial charge in [0.25, 0.3) is 0 Å². The Morgan fingerprint density at radius 1 is 0.826 bits per heavy atom. The molecule has 0 amide bonds. The molecule has 0 radical (unpaired) electrons. The van der Waals surface area contributed by atoms with Crippen molar-refractivity contribution in [2.75, 3.05) is 0 Å². The van der Waals surface area contributed by atoms with Gasteiger partial charge in [-0.25, -0.2) is 0 Å². The van der Waals surface area contributed by atoms with E-state index in [1.165, 1.54) is 27.5 Å². The normalized spacial score (nSPS) is 13.5. The van der Waals surface area contributed by atoms with E-state index in [2.05, 4.69) is 60.7 Å². The Balaban J connectivity index is 2.07. The number of hydrogen-bond donors (Lipinski definition) is 1. The summed E-state index contributed by atoms with van der Waals surface area (Å²) >= 11 is 0. The number of benzene rings is 3. The highest BCUT2D eigenvalue weighted by atomic mass is 16.3. The molecule has 0 saturated heterocycles. The van der Waals surface area contributed by atoms with Crippen molar-refractivity contribution >= 4 is 16.3 Å². The molecule has 3 aromatic carbocycles. The van der Waals surface area contributed by atoms with E-state index < -0.39 is 0 Å². The Kier molecular flexibility index (Phi) is 3.57. The molecular formula is C22H18O. The van der Waals surface area contributed by atoms with Crippen LogP contribution in [0.5, 0.6) is 0 Å². The highest BCUT2D eigenvalue weighted by Crippen LogP contribution is 2.39. The molecule has 0 saturated carbocycles. The molecular weight excluding hydrogens is 280 g/mol. The van der Waals surface area contributed by atoms with Gasteiger partial charge in [-0.05, 0) is 45.0 Å². The third-order valence-electron chi connectivity index (χ3n) is 4.50. The molecule has 0 heterocycles. The lowest BCUT2D eigenvalue weighted by molar-refractivity contribution is 0.282. The summed E-state index contributed by atoms with van der Waals surface area (Å²) in [6, 6.07) is 21.0. The number of fused-ring (bicyclic) bond motifs is 1. The second-order valence-electron chi connectivity index (χ2n) is 5.85. The van der Waals surface area contributed by atoms with Crippen molar-refractivity contribution in [3.63, 3.8) is 0 Å². The minimum Gasteiger partial charge on any atom is -0.392 e. The Bertz CT molecular complexity index is 932. The first-order chi connectivity index (χ1) is 11.4. The summed E-state index contributed by atoms with van der Waals surface area (Å²) in [6.45, 7) is 0.0517. The third-order valence-corrected chi connectivity index (χ3v) is 4.50. The van der Waals surface area contributed by atoms with E-state index in [1.807, 2.05) is 18.2 Å². The molecule has 1 nitrogen and oxygen atoms in total. The predicted molar refractivity (Wildman–Crippen MR) is 97.0 cm³/mol. The van der Waals surface area contributed by atoms with Crippen LogP contribution in [0, 0.1) is 0 Å². The fourth-order valence-electron chi connectivity index (χ4n) is 3.38. The largest absolute Gasteiger partial charge is 0.392 e. The van der Waals surface area contributed by atoms with Crippen LogP contribution in [0.4, 0.5) is 0 Å². The fourth-order valence-corrected chi connectivity index (χ4v) is 3.38. The lowest BCUT2D eigenvalue weighted by atomic mass is 9.87. The molecule has 1 aliphatic carbocycles. The zero-order valence-electron chi connectivity index (χ0n) is 12.9. The van der Waals surface area contributed by atoms with Gasteiger partial charge in [-0.15, -0.1) is 0 Å². The van der Waals surface area contributed by atoms with Crippen LogP contribution >= 0.6 is 0 Å². The first-order valence-corrected chi connectivity index (χ1v) is 7.95. The van der Waals surface area contributed by atoms with E-state index >= 15 is 0 Å². The minimum atomic E-state index is 0.0517. The molecule has 3 aromatic rings. The van der Waals surface area contributed by atoms with E-state index in [0.717, 1.165) is 17.5 Å². The molecule has 0 atom stereocenters. The molecule has 0 fully saturated rings. The average Bonchev–Trinajstić information content (AvgIpc) is 3.15. The van der Waals surface area contributed by atoms with Gasteiger partial charge in [-0.2, -0.15) is 0 Å². The standard InChI is InChI=1S/C22H18O/c23-15-18-10-4-6-12-20(18)22-19-11-5-3-9-17(19)13-14-21(22)16-7-1-2-8-16/h1-7,9-14,23H,8,15H2. The van der Waals surface area contributed by atoms with Gasteiger partial charge in [0.15, 0.2) is 0 Å². The van der Waals surface area contributed by atoms with Crippen molar-refractivity contribution in [1.82, 2.24) is 0 Å². The molecule has 1 heteroatoms. The van der Waals surface area contributed by atoms with Crippen molar-refractivity contribution in [3.8, 4) is 11.1 Å². The Hall–Kier alpha value is -2.64. The maximum atomic E-state index is 9.78. The second kappa shape index (κ2) is 5.86. The molecule has 1 aliphatic rings. The average molecular weight is 298 g/mol. The van der Waals surface area contributed by atoms with Gasteiger partial charge in [0.1, 0.15) is 0 Å². The fraction of sp³-hybridized carbons (Fsp3) is 0.0909. The summed E-state index contributed by atoms with van der Waals surface area (Å²) in [5, 5.41) is 12.2. The maximum Gasteiger partial charge on any atom is 0.0687 e. The van der Waals surface area contributed by atoms with Gasteiger partial charge >= 0.3 is 0 Å². The van der Waals surface area contributed by atoms with Crippen molar-refractivity contribution in [3.05, 3.63) is 90.0 Å². The molecule has 0 spiro atoms. The summed E-state index contributed by atoms with van der Waals surface area (Å²) in [5.74, 6) is 0. The van der Waals surface area contributed by atoms with Gasteiger partial charge in [0.2, 0.25) is 0 Å². The van der Waals surface area contributed by atoms with E-state index in [4.69, 9.17) is 0 Å². The van der Waals surface area contributed by atoms with Crippen LogP contribution in [-0.4, -0.2) is 5.11 Å². The van der Waals surface area contributed by atoms with Crippen LogP contribution in [0.2, 0.25) is 0 Å². The van der Waals surface area contributed by atoms with Crippen molar-refractivity contribution in [2.45, 2.75) is 13.0 Å². The smallest absolute Gasteiger partial charge is 0.0687 e. The SMILES string of the molecule is OCc1ccccc1-c1c(C2=CC=CC2)ccc2ccccc12. The lowest BCUT2D eigenvalue weighted by Crippen LogP contribution is -1.95. The summed E-state index contributed by atoms with van der Waals surface area (Å²) in [5.41, 5.74) is 5.90. The molecule has 4 rings (SSSR count). The molecule has 1 N–H and O–H groups in total. The molecule has 112 valence electrons. The van der Waals surface area contributed by atoms with Gasteiger partial charge < -0.3 is 5.11 Å². The molecule has 0 bridgehead atoms. The van der Waals surface area contributed by atoms with Crippen LogP contribution in [0.15, 0.2) is 78.9 Å². The number of aliphatic hydroxyl groups excluding tert-OH is 1. The molecule has 0 unspecified atom stereocenters. The van der Waals surface area contributed by atoms with Crippen LogP contribution in [0.3, 0.4) is 0 Å². The topological polar surface area (TPSA) is 20.2 Å². The van der Waals surface area contributed by atoms with Crippen LogP contribution in [-0.2, 0) is 6.61 Å². The lowest BCUT2D eigenvalue weighted by Gasteiger charge is -2.17. The van der Waals surface area contributed by atoms with Gasteiger partial charge in [0, 0.05) is 0 Å². The van der Waals surface area contributed by atoms with Crippen LogP contribution < -0.4 is 0 Å². The van der Waals surface area contributed by atoms with E-state index in [1.54, 1.807) is 0 Å². The summed E-state index contributed by atoms with van der Waals surface area (Å²) in [7, 11) is 0. The summed E-state index contributed by atoms with van der Waals surface area (Å²) < 4.78 is 0. The Morgan fingerprint density at radius 2 is 1.65 bits per heavy atom. The maximum absolute atomic E-state index is 9.78. The molecule has 0 aliphatic heterocycles. The number of aliphatic hydroxyl groups is 1. The number of hydrogen-bond acceptors (Lipinski definition) is 1. The van der Waals surface area contributed by atoms with Crippen molar-refractivity contribution in [1.29, 1.82) is 0 Å². The minimum absolute atomic E-state index is 0.0517. The van der Waals surface area contributed by atoms with E-state index in [0.29, 0.717) is 0 Å². The monoisotopic (exact) mass is 298 g/mol. The Morgan fingerprint density at radius 3 is 2.48 bits per heavy atom. The zero-order valence-corrected chi connectivity index (χ0v) is 12.9. The van der Waals surface area contributed by atoms with E-state index in [9.17, 15) is 5.11 Å². The summed E-state index contributed by atoms with van der Waals surface area (Å²) in [6.07, 6.45) is 7.46. The first kappa shape index (κ1) is 14.0.